The number of esters is 1. The average molecular weight is 206 g/mol. The van der Waals surface area contributed by atoms with E-state index in [0.29, 0.717) is 17.1 Å². The summed E-state index contributed by atoms with van der Waals surface area (Å²) in [5.74, 6) is 0.212. The molecule has 0 aliphatic rings. The Labute approximate surface area is 86.3 Å². The molecule has 5 nitrogen and oxygen atoms in total. The van der Waals surface area contributed by atoms with Crippen molar-refractivity contribution < 1.29 is 14.3 Å². The number of aromatic nitrogens is 2. The average Bonchev–Trinajstić information content (AvgIpc) is 2.75. The van der Waals surface area contributed by atoms with Crippen LogP contribution in [0.15, 0.2) is 24.5 Å². The van der Waals surface area contributed by atoms with E-state index in [1.54, 1.807) is 36.0 Å². The third-order valence-electron chi connectivity index (χ3n) is 2.13. The van der Waals surface area contributed by atoms with Gasteiger partial charge in [0.25, 0.3) is 0 Å². The lowest BCUT2D eigenvalue weighted by molar-refractivity contribution is 0.0602. The number of hydrogen-bond acceptors (Lipinski definition) is 4. The fourth-order valence-corrected chi connectivity index (χ4v) is 1.43. The molecule has 0 aromatic carbocycles. The molecule has 0 atom stereocenters. The van der Waals surface area contributed by atoms with Gasteiger partial charge in [-0.2, -0.15) is 0 Å². The molecule has 2 heterocycles. The number of rotatable bonds is 2. The van der Waals surface area contributed by atoms with Crippen LogP contribution < -0.4 is 4.74 Å². The van der Waals surface area contributed by atoms with Crippen molar-refractivity contribution in [2.75, 3.05) is 14.2 Å². The predicted octanol–water partition coefficient (Wildman–Crippen LogP) is 1.13. The summed E-state index contributed by atoms with van der Waals surface area (Å²) < 4.78 is 11.5. The summed E-state index contributed by atoms with van der Waals surface area (Å²) in [6.07, 6.45) is 3.32. The van der Waals surface area contributed by atoms with Crippen LogP contribution in [0.2, 0.25) is 0 Å². The lowest BCUT2D eigenvalue weighted by Crippen LogP contribution is -2.05. The lowest BCUT2D eigenvalue weighted by atomic mass is 10.2. The topological polar surface area (TPSA) is 52.8 Å². The fraction of sp³-hybridized carbons (Fsp3) is 0.200. The third kappa shape index (κ3) is 1.41. The van der Waals surface area contributed by atoms with Gasteiger partial charge in [-0.1, -0.05) is 0 Å². The predicted molar refractivity (Wildman–Crippen MR) is 53.1 cm³/mol. The van der Waals surface area contributed by atoms with Crippen molar-refractivity contribution in [2.45, 2.75) is 0 Å². The van der Waals surface area contributed by atoms with Crippen LogP contribution in [0.25, 0.3) is 5.65 Å². The normalized spacial score (nSPS) is 10.3. The largest absolute Gasteiger partial charge is 0.482 e. The zero-order valence-electron chi connectivity index (χ0n) is 8.43. The van der Waals surface area contributed by atoms with Gasteiger partial charge in [-0.05, 0) is 12.1 Å². The van der Waals surface area contributed by atoms with Gasteiger partial charge >= 0.3 is 5.97 Å². The maximum Gasteiger partial charge on any atom is 0.341 e. The number of fused-ring (bicyclic) bond motifs is 1. The Kier molecular flexibility index (Phi) is 2.29. The van der Waals surface area contributed by atoms with Gasteiger partial charge in [0.1, 0.15) is 5.56 Å². The molecule has 0 bridgehead atoms. The molecule has 0 aliphatic heterocycles. The number of imidazole rings is 1. The van der Waals surface area contributed by atoms with E-state index in [-0.39, 0.29) is 0 Å². The van der Waals surface area contributed by atoms with Crippen LogP contribution in [0, 0.1) is 0 Å². The third-order valence-corrected chi connectivity index (χ3v) is 2.13. The van der Waals surface area contributed by atoms with E-state index in [9.17, 15) is 4.79 Å². The molecule has 78 valence electrons. The second-order valence-corrected chi connectivity index (χ2v) is 2.90. The molecule has 0 spiro atoms. The van der Waals surface area contributed by atoms with Crippen LogP contribution in [-0.2, 0) is 4.74 Å². The Morgan fingerprint density at radius 3 is 2.87 bits per heavy atom. The van der Waals surface area contributed by atoms with Gasteiger partial charge in [0, 0.05) is 12.4 Å². The van der Waals surface area contributed by atoms with E-state index < -0.39 is 5.97 Å². The molecule has 2 rings (SSSR count). The molecule has 0 amide bonds. The number of ether oxygens (including phenoxy) is 2. The monoisotopic (exact) mass is 206 g/mol. The van der Waals surface area contributed by atoms with Gasteiger partial charge in [0.2, 0.25) is 0 Å². The SMILES string of the molecule is COC(=O)c1ccc(OC)n2ccnc12. The summed E-state index contributed by atoms with van der Waals surface area (Å²) in [4.78, 5) is 15.5. The summed E-state index contributed by atoms with van der Waals surface area (Å²) in [5, 5.41) is 0. The Balaban J connectivity index is 2.68. The molecule has 0 saturated carbocycles. The van der Waals surface area contributed by atoms with E-state index in [2.05, 4.69) is 9.72 Å². The summed E-state index contributed by atoms with van der Waals surface area (Å²) >= 11 is 0. The van der Waals surface area contributed by atoms with Crippen molar-refractivity contribution in [1.82, 2.24) is 9.38 Å². The van der Waals surface area contributed by atoms with Crippen LogP contribution in [0.1, 0.15) is 10.4 Å². The van der Waals surface area contributed by atoms with Crippen LogP contribution in [0.4, 0.5) is 0 Å². The van der Waals surface area contributed by atoms with E-state index in [4.69, 9.17) is 4.74 Å². The minimum Gasteiger partial charge on any atom is -0.482 e. The summed E-state index contributed by atoms with van der Waals surface area (Å²) in [6, 6.07) is 3.33. The van der Waals surface area contributed by atoms with Crippen LogP contribution in [-0.4, -0.2) is 29.6 Å². The summed E-state index contributed by atoms with van der Waals surface area (Å²) in [7, 11) is 2.90. The molecule has 0 aliphatic carbocycles. The Morgan fingerprint density at radius 1 is 1.40 bits per heavy atom. The first-order chi connectivity index (χ1) is 7.27. The molecular formula is C10H10N2O3. The van der Waals surface area contributed by atoms with E-state index in [1.807, 2.05) is 0 Å². The van der Waals surface area contributed by atoms with Gasteiger partial charge in [-0.3, -0.25) is 4.40 Å². The maximum absolute atomic E-state index is 11.4. The first kappa shape index (κ1) is 9.51. The number of pyridine rings is 1. The molecule has 0 radical (unpaired) electrons. The highest BCUT2D eigenvalue weighted by molar-refractivity contribution is 5.95. The van der Waals surface area contributed by atoms with Crippen molar-refractivity contribution >= 4 is 11.6 Å². The quantitative estimate of drug-likeness (QED) is 0.691. The Morgan fingerprint density at radius 2 is 2.20 bits per heavy atom. The lowest BCUT2D eigenvalue weighted by Gasteiger charge is -2.06. The highest BCUT2D eigenvalue weighted by atomic mass is 16.5. The number of nitrogens with zero attached hydrogens (tertiary/aromatic N) is 2. The number of hydrogen-bond donors (Lipinski definition) is 0. The van der Waals surface area contributed by atoms with Crippen molar-refractivity contribution in [3.8, 4) is 5.88 Å². The van der Waals surface area contributed by atoms with Gasteiger partial charge in [0.15, 0.2) is 11.5 Å². The van der Waals surface area contributed by atoms with E-state index >= 15 is 0 Å². The second kappa shape index (κ2) is 3.61. The van der Waals surface area contributed by atoms with Gasteiger partial charge in [-0.15, -0.1) is 0 Å². The zero-order chi connectivity index (χ0) is 10.8. The Hall–Kier alpha value is -2.04. The van der Waals surface area contributed by atoms with Crippen molar-refractivity contribution in [3.05, 3.63) is 30.1 Å². The molecule has 2 aromatic rings. The van der Waals surface area contributed by atoms with Gasteiger partial charge in [0.05, 0.1) is 14.2 Å². The number of methoxy groups -OCH3 is 2. The summed E-state index contributed by atoms with van der Waals surface area (Å²) in [6.45, 7) is 0. The first-order valence-electron chi connectivity index (χ1n) is 4.36. The highest BCUT2D eigenvalue weighted by Gasteiger charge is 2.13. The number of carbonyl (C=O) groups is 1. The minimum absolute atomic E-state index is 0.408. The Bertz CT molecular complexity index is 504. The minimum atomic E-state index is -0.408. The zero-order valence-corrected chi connectivity index (χ0v) is 8.43. The first-order valence-corrected chi connectivity index (χ1v) is 4.36. The van der Waals surface area contributed by atoms with Crippen molar-refractivity contribution in [3.63, 3.8) is 0 Å². The smallest absolute Gasteiger partial charge is 0.341 e. The van der Waals surface area contributed by atoms with Crippen LogP contribution >= 0.6 is 0 Å². The number of carbonyl (C=O) groups excluding carboxylic acids is 1. The standard InChI is InChI=1S/C10H10N2O3/c1-14-8-4-3-7(10(13)15-2)9-11-5-6-12(8)9/h3-6H,1-2H3. The fourth-order valence-electron chi connectivity index (χ4n) is 1.43. The molecule has 15 heavy (non-hydrogen) atoms. The van der Waals surface area contributed by atoms with Gasteiger partial charge in [-0.25, -0.2) is 9.78 Å². The highest BCUT2D eigenvalue weighted by Crippen LogP contribution is 2.18. The molecular weight excluding hydrogens is 196 g/mol. The van der Waals surface area contributed by atoms with Crippen molar-refractivity contribution in [1.29, 1.82) is 0 Å². The van der Waals surface area contributed by atoms with Gasteiger partial charge < -0.3 is 9.47 Å². The molecule has 2 aromatic heterocycles. The van der Waals surface area contributed by atoms with Crippen LogP contribution in [0.5, 0.6) is 5.88 Å². The van der Waals surface area contributed by atoms with Crippen molar-refractivity contribution in [2.24, 2.45) is 0 Å². The maximum atomic E-state index is 11.4. The van der Waals surface area contributed by atoms with Crippen LogP contribution in [0.3, 0.4) is 0 Å². The van der Waals surface area contributed by atoms with E-state index in [1.165, 1.54) is 7.11 Å². The molecule has 0 saturated heterocycles. The summed E-state index contributed by atoms with van der Waals surface area (Å²) in [5.41, 5.74) is 0.949. The molecule has 0 unspecified atom stereocenters. The molecule has 5 heteroatoms. The molecule has 0 fully saturated rings. The second-order valence-electron chi connectivity index (χ2n) is 2.90. The van der Waals surface area contributed by atoms with E-state index in [0.717, 1.165) is 0 Å². The molecule has 0 N–H and O–H groups in total.